The SMILES string of the molecule is O=C(NCCc1cn2ccccc2n1)C1CC(=O)N(Cc2cccnc2)C1. The molecule has 1 aliphatic heterocycles. The van der Waals surface area contributed by atoms with Gasteiger partial charge in [0.2, 0.25) is 11.8 Å². The van der Waals surface area contributed by atoms with Gasteiger partial charge in [0, 0.05) is 57.3 Å². The number of amides is 2. The number of imidazole rings is 1. The molecule has 1 fully saturated rings. The van der Waals surface area contributed by atoms with Crippen molar-refractivity contribution in [2.24, 2.45) is 5.92 Å². The zero-order valence-electron chi connectivity index (χ0n) is 14.9. The summed E-state index contributed by atoms with van der Waals surface area (Å²) in [6.45, 7) is 1.46. The maximum Gasteiger partial charge on any atom is 0.225 e. The van der Waals surface area contributed by atoms with Gasteiger partial charge in [-0.05, 0) is 23.8 Å². The highest BCUT2D eigenvalue weighted by Crippen LogP contribution is 2.20. The summed E-state index contributed by atoms with van der Waals surface area (Å²) in [6.07, 6.45) is 8.29. The smallest absolute Gasteiger partial charge is 0.225 e. The Morgan fingerprint density at radius 2 is 2.19 bits per heavy atom. The maximum atomic E-state index is 12.4. The summed E-state index contributed by atoms with van der Waals surface area (Å²) >= 11 is 0. The van der Waals surface area contributed by atoms with Crippen molar-refractivity contribution in [2.75, 3.05) is 13.1 Å². The number of carbonyl (C=O) groups excluding carboxylic acids is 2. The first kappa shape index (κ1) is 17.2. The Morgan fingerprint density at radius 3 is 3.00 bits per heavy atom. The summed E-state index contributed by atoms with van der Waals surface area (Å²) in [5, 5.41) is 2.94. The van der Waals surface area contributed by atoms with Crippen molar-refractivity contribution in [1.29, 1.82) is 0 Å². The second-order valence-corrected chi connectivity index (χ2v) is 6.78. The van der Waals surface area contributed by atoms with Crippen LogP contribution in [0.25, 0.3) is 5.65 Å². The van der Waals surface area contributed by atoms with Crippen LogP contribution in [0.5, 0.6) is 0 Å². The molecular weight excluding hydrogens is 342 g/mol. The van der Waals surface area contributed by atoms with Gasteiger partial charge in [-0.25, -0.2) is 4.98 Å². The Kier molecular flexibility index (Phi) is 4.82. The first-order valence-corrected chi connectivity index (χ1v) is 9.06. The number of hydrogen-bond donors (Lipinski definition) is 1. The largest absolute Gasteiger partial charge is 0.355 e. The van der Waals surface area contributed by atoms with Crippen LogP contribution in [0, 0.1) is 5.92 Å². The highest BCUT2D eigenvalue weighted by molar-refractivity contribution is 5.89. The van der Waals surface area contributed by atoms with E-state index in [0.29, 0.717) is 26.1 Å². The van der Waals surface area contributed by atoms with E-state index >= 15 is 0 Å². The van der Waals surface area contributed by atoms with E-state index < -0.39 is 0 Å². The molecule has 2 amide bonds. The topological polar surface area (TPSA) is 79.6 Å². The number of carbonyl (C=O) groups is 2. The van der Waals surface area contributed by atoms with Crippen LogP contribution < -0.4 is 5.32 Å². The summed E-state index contributed by atoms with van der Waals surface area (Å²) in [5.74, 6) is -0.351. The van der Waals surface area contributed by atoms with Crippen LogP contribution in [0.3, 0.4) is 0 Å². The van der Waals surface area contributed by atoms with E-state index in [9.17, 15) is 9.59 Å². The Labute approximate surface area is 157 Å². The lowest BCUT2D eigenvalue weighted by atomic mass is 10.1. The van der Waals surface area contributed by atoms with Crippen LogP contribution in [0.4, 0.5) is 0 Å². The molecule has 3 aromatic rings. The first-order chi connectivity index (χ1) is 13.2. The summed E-state index contributed by atoms with van der Waals surface area (Å²) < 4.78 is 1.96. The molecule has 7 heteroatoms. The number of hydrogen-bond acceptors (Lipinski definition) is 4. The molecule has 1 atom stereocenters. The molecule has 1 N–H and O–H groups in total. The number of likely N-dealkylation sites (tertiary alicyclic amines) is 1. The summed E-state index contributed by atoms with van der Waals surface area (Å²) in [4.78, 5) is 34.9. The van der Waals surface area contributed by atoms with Crippen LogP contribution in [0.1, 0.15) is 17.7 Å². The number of nitrogens with one attached hydrogen (secondary N) is 1. The molecule has 0 bridgehead atoms. The van der Waals surface area contributed by atoms with E-state index in [-0.39, 0.29) is 24.2 Å². The predicted molar refractivity (Wildman–Crippen MR) is 99.7 cm³/mol. The summed E-state index contributed by atoms with van der Waals surface area (Å²) in [6, 6.07) is 9.63. The van der Waals surface area contributed by atoms with Crippen LogP contribution in [0.2, 0.25) is 0 Å². The Balaban J connectivity index is 1.27. The van der Waals surface area contributed by atoms with E-state index in [0.717, 1.165) is 16.9 Å². The fourth-order valence-electron chi connectivity index (χ4n) is 3.38. The number of fused-ring (bicyclic) bond motifs is 1. The molecule has 0 radical (unpaired) electrons. The standard InChI is InChI=1S/C20H21N5O2/c26-19-10-16(13-25(19)12-15-4-3-7-21-11-15)20(27)22-8-6-17-14-24-9-2-1-5-18(24)23-17/h1-5,7,9,11,14,16H,6,8,10,12-13H2,(H,22,27). The molecule has 7 nitrogen and oxygen atoms in total. The lowest BCUT2D eigenvalue weighted by Crippen LogP contribution is -2.34. The predicted octanol–water partition coefficient (Wildman–Crippen LogP) is 1.44. The molecule has 3 aromatic heterocycles. The fraction of sp³-hybridized carbons (Fsp3) is 0.300. The van der Waals surface area contributed by atoms with Crippen molar-refractivity contribution in [3.63, 3.8) is 0 Å². The molecule has 27 heavy (non-hydrogen) atoms. The minimum atomic E-state index is -0.296. The van der Waals surface area contributed by atoms with Crippen molar-refractivity contribution in [2.45, 2.75) is 19.4 Å². The quantitative estimate of drug-likeness (QED) is 0.719. The number of nitrogens with zero attached hydrogens (tertiary/aromatic N) is 4. The zero-order chi connectivity index (χ0) is 18.6. The van der Waals surface area contributed by atoms with E-state index in [1.54, 1.807) is 17.3 Å². The molecule has 4 heterocycles. The van der Waals surface area contributed by atoms with Crippen molar-refractivity contribution < 1.29 is 9.59 Å². The fourth-order valence-corrected chi connectivity index (χ4v) is 3.38. The van der Waals surface area contributed by atoms with Crippen molar-refractivity contribution >= 4 is 17.5 Å². The minimum absolute atomic E-state index is 0.0133. The third-order valence-corrected chi connectivity index (χ3v) is 4.78. The molecule has 0 aromatic carbocycles. The molecule has 1 saturated heterocycles. The van der Waals surface area contributed by atoms with Gasteiger partial charge in [0.25, 0.3) is 0 Å². The second kappa shape index (κ2) is 7.57. The summed E-state index contributed by atoms with van der Waals surface area (Å²) in [5.41, 5.74) is 2.80. The van der Waals surface area contributed by atoms with Gasteiger partial charge in [-0.3, -0.25) is 14.6 Å². The van der Waals surface area contributed by atoms with Gasteiger partial charge in [-0.15, -0.1) is 0 Å². The number of aromatic nitrogens is 3. The number of pyridine rings is 2. The molecule has 0 saturated carbocycles. The normalized spacial score (nSPS) is 16.8. The van der Waals surface area contributed by atoms with Crippen molar-refractivity contribution in [3.05, 3.63) is 66.4 Å². The van der Waals surface area contributed by atoms with Gasteiger partial charge >= 0.3 is 0 Å². The Hall–Kier alpha value is -3.22. The molecule has 0 aliphatic carbocycles. The average molecular weight is 363 g/mol. The van der Waals surface area contributed by atoms with E-state index in [2.05, 4.69) is 15.3 Å². The van der Waals surface area contributed by atoms with E-state index in [1.165, 1.54) is 0 Å². The molecule has 138 valence electrons. The van der Waals surface area contributed by atoms with Gasteiger partial charge in [0.1, 0.15) is 5.65 Å². The second-order valence-electron chi connectivity index (χ2n) is 6.78. The maximum absolute atomic E-state index is 12.4. The van der Waals surface area contributed by atoms with Crippen LogP contribution >= 0.6 is 0 Å². The Bertz CT molecular complexity index is 920. The third-order valence-electron chi connectivity index (χ3n) is 4.78. The van der Waals surface area contributed by atoms with E-state index in [1.807, 2.05) is 47.1 Å². The lowest BCUT2D eigenvalue weighted by molar-refractivity contribution is -0.129. The van der Waals surface area contributed by atoms with E-state index in [4.69, 9.17) is 0 Å². The first-order valence-electron chi connectivity index (χ1n) is 9.06. The Morgan fingerprint density at radius 1 is 1.26 bits per heavy atom. The molecule has 1 unspecified atom stereocenters. The average Bonchev–Trinajstić information content (AvgIpc) is 3.26. The zero-order valence-corrected chi connectivity index (χ0v) is 14.9. The van der Waals surface area contributed by atoms with Gasteiger partial charge in [-0.2, -0.15) is 0 Å². The minimum Gasteiger partial charge on any atom is -0.355 e. The summed E-state index contributed by atoms with van der Waals surface area (Å²) in [7, 11) is 0. The van der Waals surface area contributed by atoms with Gasteiger partial charge in [0.05, 0.1) is 11.6 Å². The van der Waals surface area contributed by atoms with Gasteiger partial charge < -0.3 is 14.6 Å². The van der Waals surface area contributed by atoms with Crippen molar-refractivity contribution in [3.8, 4) is 0 Å². The highest BCUT2D eigenvalue weighted by atomic mass is 16.2. The molecule has 1 aliphatic rings. The van der Waals surface area contributed by atoms with Gasteiger partial charge in [0.15, 0.2) is 0 Å². The number of rotatable bonds is 6. The van der Waals surface area contributed by atoms with Crippen LogP contribution in [0.15, 0.2) is 55.1 Å². The molecular formula is C20H21N5O2. The molecule has 4 rings (SSSR count). The molecule has 0 spiro atoms. The highest BCUT2D eigenvalue weighted by Gasteiger charge is 2.34. The van der Waals surface area contributed by atoms with Gasteiger partial charge in [-0.1, -0.05) is 12.1 Å². The van der Waals surface area contributed by atoms with Crippen LogP contribution in [-0.4, -0.2) is 44.2 Å². The third kappa shape index (κ3) is 3.97. The lowest BCUT2D eigenvalue weighted by Gasteiger charge is -2.16. The monoisotopic (exact) mass is 363 g/mol. The van der Waals surface area contributed by atoms with Crippen molar-refractivity contribution in [1.82, 2.24) is 24.6 Å². The van der Waals surface area contributed by atoms with Crippen LogP contribution in [-0.2, 0) is 22.6 Å².